The lowest BCUT2D eigenvalue weighted by Gasteiger charge is -2.04. The molecule has 0 saturated carbocycles. The van der Waals surface area contributed by atoms with Crippen molar-refractivity contribution in [1.29, 1.82) is 0 Å². The van der Waals surface area contributed by atoms with Crippen molar-refractivity contribution >= 4 is 33.7 Å². The number of rotatable bonds is 4. The number of aromatic nitrogens is 4. The zero-order chi connectivity index (χ0) is 19.0. The van der Waals surface area contributed by atoms with Gasteiger partial charge in [0.2, 0.25) is 5.13 Å². The van der Waals surface area contributed by atoms with Crippen molar-refractivity contribution in [2.45, 2.75) is 0 Å². The van der Waals surface area contributed by atoms with E-state index in [1.807, 2.05) is 16.8 Å². The molecule has 3 aromatic heterocycles. The van der Waals surface area contributed by atoms with Crippen LogP contribution in [0.25, 0.3) is 21.8 Å². The smallest absolute Gasteiger partial charge is 0.261 e. The lowest BCUT2D eigenvalue weighted by Crippen LogP contribution is -2.12. The maximum absolute atomic E-state index is 14.1. The average molecular weight is 403 g/mol. The molecule has 1 amide bonds. The first-order valence-electron chi connectivity index (χ1n) is 7.68. The van der Waals surface area contributed by atoms with Gasteiger partial charge in [-0.15, -0.1) is 10.2 Å². The quantitative estimate of drug-likeness (QED) is 0.554. The first-order chi connectivity index (χ1) is 13.0. The number of hydrogen-bond donors (Lipinski definition) is 1. The van der Waals surface area contributed by atoms with Crippen LogP contribution >= 0.6 is 22.7 Å². The minimum atomic E-state index is -0.793. The molecule has 0 radical (unpaired) electrons. The number of halogens is 2. The minimum Gasteiger partial charge on any atom is -0.296 e. The van der Waals surface area contributed by atoms with Gasteiger partial charge in [0, 0.05) is 35.8 Å². The number of carbonyl (C=O) groups excluding carboxylic acids is 1. The molecule has 10 heteroatoms. The summed E-state index contributed by atoms with van der Waals surface area (Å²) >= 11 is 2.77. The summed E-state index contributed by atoms with van der Waals surface area (Å²) in [6.45, 7) is 0. The van der Waals surface area contributed by atoms with Gasteiger partial charge in [-0.2, -0.15) is 16.4 Å². The van der Waals surface area contributed by atoms with Crippen LogP contribution in [0.1, 0.15) is 10.4 Å². The molecule has 4 aromatic rings. The second kappa shape index (κ2) is 6.97. The van der Waals surface area contributed by atoms with Gasteiger partial charge < -0.3 is 0 Å². The molecule has 1 aromatic carbocycles. The van der Waals surface area contributed by atoms with Gasteiger partial charge in [-0.1, -0.05) is 11.3 Å². The van der Waals surface area contributed by atoms with Gasteiger partial charge in [0.25, 0.3) is 5.91 Å². The van der Waals surface area contributed by atoms with Crippen LogP contribution in [0.15, 0.2) is 41.2 Å². The standard InChI is InChI=1S/C17H11F2N5OS2/c1-24-7-12(14(23-24)11-3-2-10(18)6-13(11)19)15(25)20-17-22-21-16(27-17)9-4-5-26-8-9/h2-8H,1H3,(H,20,22,25). The van der Waals surface area contributed by atoms with Gasteiger partial charge in [0.05, 0.1) is 5.56 Å². The number of nitrogens with zero attached hydrogens (tertiary/aromatic N) is 4. The average Bonchev–Trinajstić information content (AvgIpc) is 3.35. The van der Waals surface area contributed by atoms with Crippen molar-refractivity contribution in [3.63, 3.8) is 0 Å². The van der Waals surface area contributed by atoms with E-state index in [0.29, 0.717) is 10.1 Å². The predicted octanol–water partition coefficient (Wildman–Crippen LogP) is 4.20. The molecule has 0 spiro atoms. The number of aryl methyl sites for hydroxylation is 1. The maximum atomic E-state index is 14.1. The molecule has 0 fully saturated rings. The second-order valence-corrected chi connectivity index (χ2v) is 7.33. The Balaban J connectivity index is 1.63. The zero-order valence-corrected chi connectivity index (χ0v) is 15.4. The molecule has 0 aliphatic carbocycles. The number of anilines is 1. The number of hydrogen-bond acceptors (Lipinski definition) is 6. The summed E-state index contributed by atoms with van der Waals surface area (Å²) < 4.78 is 28.7. The highest BCUT2D eigenvalue weighted by molar-refractivity contribution is 7.19. The van der Waals surface area contributed by atoms with Crippen molar-refractivity contribution in [3.8, 4) is 21.8 Å². The highest BCUT2D eigenvalue weighted by atomic mass is 32.1. The topological polar surface area (TPSA) is 72.7 Å². The summed E-state index contributed by atoms with van der Waals surface area (Å²) in [6, 6.07) is 5.03. The fourth-order valence-electron chi connectivity index (χ4n) is 2.48. The van der Waals surface area contributed by atoms with E-state index in [4.69, 9.17) is 0 Å². The highest BCUT2D eigenvalue weighted by Crippen LogP contribution is 2.29. The number of nitrogens with one attached hydrogen (secondary N) is 1. The predicted molar refractivity (Wildman–Crippen MR) is 99.7 cm³/mol. The third-order valence-corrected chi connectivity index (χ3v) is 5.24. The summed E-state index contributed by atoms with van der Waals surface area (Å²) in [5.41, 5.74) is 1.23. The van der Waals surface area contributed by atoms with Crippen LogP contribution in [0, 0.1) is 11.6 Å². The molecule has 0 aliphatic rings. The van der Waals surface area contributed by atoms with Crippen molar-refractivity contribution in [1.82, 2.24) is 20.0 Å². The number of benzene rings is 1. The van der Waals surface area contributed by atoms with Gasteiger partial charge in [-0.25, -0.2) is 8.78 Å². The number of carbonyl (C=O) groups is 1. The SMILES string of the molecule is Cn1cc(C(=O)Nc2nnc(-c3ccsc3)s2)c(-c2ccc(F)cc2F)n1. The van der Waals surface area contributed by atoms with E-state index in [1.54, 1.807) is 7.05 Å². The molecule has 0 atom stereocenters. The van der Waals surface area contributed by atoms with Gasteiger partial charge in [-0.3, -0.25) is 14.8 Å². The van der Waals surface area contributed by atoms with E-state index in [2.05, 4.69) is 20.6 Å². The van der Waals surface area contributed by atoms with E-state index < -0.39 is 17.5 Å². The lowest BCUT2D eigenvalue weighted by atomic mass is 10.1. The van der Waals surface area contributed by atoms with Crippen LogP contribution in [0.4, 0.5) is 13.9 Å². The molecule has 0 bridgehead atoms. The molecule has 0 saturated heterocycles. The fourth-order valence-corrected chi connectivity index (χ4v) is 3.93. The van der Waals surface area contributed by atoms with E-state index >= 15 is 0 Å². The normalized spacial score (nSPS) is 10.9. The third-order valence-electron chi connectivity index (χ3n) is 3.67. The molecule has 27 heavy (non-hydrogen) atoms. The Labute approximate surface area is 160 Å². The van der Waals surface area contributed by atoms with Crippen molar-refractivity contribution in [2.24, 2.45) is 7.05 Å². The Morgan fingerprint density at radius 3 is 2.81 bits per heavy atom. The molecular formula is C17H11F2N5OS2. The summed E-state index contributed by atoms with van der Waals surface area (Å²) in [6.07, 6.45) is 1.47. The molecule has 136 valence electrons. The van der Waals surface area contributed by atoms with Crippen LogP contribution in [-0.2, 0) is 7.05 Å². The van der Waals surface area contributed by atoms with Gasteiger partial charge in [0.1, 0.15) is 22.3 Å². The van der Waals surface area contributed by atoms with Crippen molar-refractivity contribution in [3.05, 3.63) is 58.4 Å². The Bertz CT molecular complexity index is 1120. The van der Waals surface area contributed by atoms with Crippen LogP contribution in [0.3, 0.4) is 0 Å². The van der Waals surface area contributed by atoms with Crippen LogP contribution in [0.2, 0.25) is 0 Å². The van der Waals surface area contributed by atoms with Crippen molar-refractivity contribution < 1.29 is 13.6 Å². The summed E-state index contributed by atoms with van der Waals surface area (Å²) in [5.74, 6) is -2.00. The molecule has 3 heterocycles. The fraction of sp³-hybridized carbons (Fsp3) is 0.0588. The van der Waals surface area contributed by atoms with E-state index in [9.17, 15) is 13.6 Å². The third kappa shape index (κ3) is 3.49. The summed E-state index contributed by atoms with van der Waals surface area (Å²) in [5, 5.41) is 19.7. The van der Waals surface area contributed by atoms with E-state index in [1.165, 1.54) is 39.6 Å². The number of amides is 1. The van der Waals surface area contributed by atoms with E-state index in [0.717, 1.165) is 17.7 Å². The van der Waals surface area contributed by atoms with E-state index in [-0.39, 0.29) is 16.8 Å². The first-order valence-corrected chi connectivity index (χ1v) is 9.43. The molecular weight excluding hydrogens is 392 g/mol. The minimum absolute atomic E-state index is 0.0402. The molecule has 6 nitrogen and oxygen atoms in total. The van der Waals surface area contributed by atoms with Gasteiger partial charge >= 0.3 is 0 Å². The second-order valence-electron chi connectivity index (χ2n) is 5.57. The van der Waals surface area contributed by atoms with Gasteiger partial charge in [-0.05, 0) is 23.6 Å². The largest absolute Gasteiger partial charge is 0.296 e. The molecule has 0 aliphatic heterocycles. The van der Waals surface area contributed by atoms with Crippen LogP contribution in [-0.4, -0.2) is 25.9 Å². The lowest BCUT2D eigenvalue weighted by molar-refractivity contribution is 0.102. The monoisotopic (exact) mass is 403 g/mol. The zero-order valence-electron chi connectivity index (χ0n) is 13.8. The molecule has 4 rings (SSSR count). The number of thiophene rings is 1. The Kier molecular flexibility index (Phi) is 4.50. The van der Waals surface area contributed by atoms with Gasteiger partial charge in [0.15, 0.2) is 0 Å². The molecule has 0 unspecified atom stereocenters. The van der Waals surface area contributed by atoms with Crippen molar-refractivity contribution in [2.75, 3.05) is 5.32 Å². The summed E-state index contributed by atoms with van der Waals surface area (Å²) in [7, 11) is 1.61. The highest BCUT2D eigenvalue weighted by Gasteiger charge is 2.21. The van der Waals surface area contributed by atoms with Crippen LogP contribution < -0.4 is 5.32 Å². The Morgan fingerprint density at radius 2 is 2.07 bits per heavy atom. The molecule has 1 N–H and O–H groups in total. The Hall–Kier alpha value is -2.98. The summed E-state index contributed by atoms with van der Waals surface area (Å²) in [4.78, 5) is 12.7. The Morgan fingerprint density at radius 1 is 1.22 bits per heavy atom. The first kappa shape index (κ1) is 17.4. The maximum Gasteiger partial charge on any atom is 0.261 e. The van der Waals surface area contributed by atoms with Crippen LogP contribution in [0.5, 0.6) is 0 Å².